The van der Waals surface area contributed by atoms with Crippen molar-refractivity contribution in [1.82, 2.24) is 10.2 Å². The third-order valence-corrected chi connectivity index (χ3v) is 5.37. The van der Waals surface area contributed by atoms with E-state index < -0.39 is 0 Å². The van der Waals surface area contributed by atoms with Gasteiger partial charge in [0, 0.05) is 32.1 Å². The Bertz CT molecular complexity index is 802. The molecule has 1 N–H and O–H groups in total. The second-order valence-electron chi connectivity index (χ2n) is 7.43. The van der Waals surface area contributed by atoms with Gasteiger partial charge in [-0.1, -0.05) is 18.2 Å². The molecule has 1 aliphatic rings. The second kappa shape index (κ2) is 10.3. The highest BCUT2D eigenvalue weighted by molar-refractivity contribution is 5.76. The molecule has 1 amide bonds. The van der Waals surface area contributed by atoms with Gasteiger partial charge < -0.3 is 14.8 Å². The van der Waals surface area contributed by atoms with Crippen molar-refractivity contribution in [3.63, 3.8) is 0 Å². The molecule has 3 rings (SSSR count). The molecule has 0 aromatic heterocycles. The molecule has 2 aromatic rings. The smallest absolute Gasteiger partial charge is 0.220 e. The van der Waals surface area contributed by atoms with Crippen molar-refractivity contribution in [3.8, 4) is 11.5 Å². The van der Waals surface area contributed by atoms with Gasteiger partial charge in [0.1, 0.15) is 5.75 Å². The van der Waals surface area contributed by atoms with Crippen LogP contribution in [0.2, 0.25) is 0 Å². The molecule has 0 bridgehead atoms. The lowest BCUT2D eigenvalue weighted by Crippen LogP contribution is -2.44. The normalized spacial score (nSPS) is 15.1. The molecule has 5 nitrogen and oxygen atoms in total. The summed E-state index contributed by atoms with van der Waals surface area (Å²) in [6.07, 6.45) is 3.02. The summed E-state index contributed by atoms with van der Waals surface area (Å²) < 4.78 is 24.0. The predicted octanol–water partition coefficient (Wildman–Crippen LogP) is 3.56. The number of aryl methyl sites for hydroxylation is 1. The number of likely N-dealkylation sites (tertiary alicyclic amines) is 1. The molecule has 0 unspecified atom stereocenters. The summed E-state index contributed by atoms with van der Waals surface area (Å²) in [6.45, 7) is 2.48. The zero-order valence-electron chi connectivity index (χ0n) is 17.1. The first-order valence-electron chi connectivity index (χ1n) is 10.0. The Hall–Kier alpha value is -2.60. The van der Waals surface area contributed by atoms with Crippen LogP contribution in [0, 0.1) is 5.82 Å². The Morgan fingerprint density at radius 3 is 2.38 bits per heavy atom. The minimum absolute atomic E-state index is 0.0940. The zero-order valence-corrected chi connectivity index (χ0v) is 17.1. The summed E-state index contributed by atoms with van der Waals surface area (Å²) in [6, 6.07) is 13.1. The van der Waals surface area contributed by atoms with E-state index in [1.807, 2.05) is 30.3 Å². The molecular formula is C23H29FN2O3. The number of amides is 1. The summed E-state index contributed by atoms with van der Waals surface area (Å²) in [5.41, 5.74) is 2.06. The van der Waals surface area contributed by atoms with E-state index >= 15 is 0 Å². The van der Waals surface area contributed by atoms with E-state index in [0.29, 0.717) is 13.0 Å². The van der Waals surface area contributed by atoms with Crippen LogP contribution in [-0.4, -0.2) is 44.2 Å². The monoisotopic (exact) mass is 400 g/mol. The number of nitrogens with zero attached hydrogens (tertiary/aromatic N) is 1. The van der Waals surface area contributed by atoms with Gasteiger partial charge in [0.05, 0.1) is 14.2 Å². The summed E-state index contributed by atoms with van der Waals surface area (Å²) >= 11 is 0. The fraction of sp³-hybridized carbons (Fsp3) is 0.435. The van der Waals surface area contributed by atoms with E-state index in [2.05, 4.69) is 10.2 Å². The highest BCUT2D eigenvalue weighted by Gasteiger charge is 2.21. The minimum atomic E-state index is -0.330. The molecule has 1 aliphatic heterocycles. The Balaban J connectivity index is 1.38. The average Bonchev–Trinajstić information content (AvgIpc) is 2.74. The number of rotatable bonds is 8. The molecule has 0 radical (unpaired) electrons. The largest absolute Gasteiger partial charge is 0.497 e. The summed E-state index contributed by atoms with van der Waals surface area (Å²) in [5, 5.41) is 3.15. The molecule has 1 fully saturated rings. The Labute approximate surface area is 171 Å². The third-order valence-electron chi connectivity index (χ3n) is 5.37. The van der Waals surface area contributed by atoms with Crippen LogP contribution in [0.5, 0.6) is 11.5 Å². The number of benzene rings is 2. The average molecular weight is 400 g/mol. The molecular weight excluding hydrogens is 371 g/mol. The van der Waals surface area contributed by atoms with Crippen LogP contribution in [0.4, 0.5) is 4.39 Å². The van der Waals surface area contributed by atoms with Gasteiger partial charge in [0.25, 0.3) is 0 Å². The molecule has 1 heterocycles. The van der Waals surface area contributed by atoms with Crippen LogP contribution < -0.4 is 14.8 Å². The van der Waals surface area contributed by atoms with Gasteiger partial charge in [0.2, 0.25) is 5.91 Å². The number of carbonyl (C=O) groups excluding carboxylic acids is 1. The van der Waals surface area contributed by atoms with E-state index in [0.717, 1.165) is 49.2 Å². The molecule has 6 heteroatoms. The van der Waals surface area contributed by atoms with Gasteiger partial charge in [-0.2, -0.15) is 0 Å². The fourth-order valence-electron chi connectivity index (χ4n) is 3.65. The van der Waals surface area contributed by atoms with Crippen LogP contribution in [0.3, 0.4) is 0 Å². The lowest BCUT2D eigenvalue weighted by molar-refractivity contribution is -0.122. The van der Waals surface area contributed by atoms with Gasteiger partial charge in [-0.25, -0.2) is 4.39 Å². The number of piperidine rings is 1. The van der Waals surface area contributed by atoms with Crippen LogP contribution in [0.25, 0.3) is 0 Å². The SMILES string of the molecule is COc1ccc(CCC(=O)NC2CCN(Cc3ccc(OC)c(F)c3)CC2)cc1. The number of nitrogens with one attached hydrogen (secondary N) is 1. The van der Waals surface area contributed by atoms with Crippen molar-refractivity contribution >= 4 is 5.91 Å². The second-order valence-corrected chi connectivity index (χ2v) is 7.43. The number of carbonyl (C=O) groups is 1. The van der Waals surface area contributed by atoms with Gasteiger partial charge in [0.15, 0.2) is 11.6 Å². The maximum atomic E-state index is 13.8. The van der Waals surface area contributed by atoms with Crippen LogP contribution in [0.1, 0.15) is 30.4 Å². The molecule has 2 aromatic carbocycles. The van der Waals surface area contributed by atoms with Crippen molar-refractivity contribution in [3.05, 3.63) is 59.4 Å². The molecule has 29 heavy (non-hydrogen) atoms. The van der Waals surface area contributed by atoms with E-state index in [1.165, 1.54) is 13.2 Å². The highest BCUT2D eigenvalue weighted by atomic mass is 19.1. The first-order valence-corrected chi connectivity index (χ1v) is 10.0. The molecule has 0 atom stereocenters. The van der Waals surface area contributed by atoms with E-state index in [9.17, 15) is 9.18 Å². The van der Waals surface area contributed by atoms with Gasteiger partial charge in [-0.3, -0.25) is 9.69 Å². The third kappa shape index (κ3) is 6.19. The van der Waals surface area contributed by atoms with Crippen LogP contribution >= 0.6 is 0 Å². The van der Waals surface area contributed by atoms with Crippen molar-refractivity contribution in [2.24, 2.45) is 0 Å². The number of ether oxygens (including phenoxy) is 2. The Morgan fingerprint density at radius 2 is 1.76 bits per heavy atom. The first kappa shape index (κ1) is 21.1. The van der Waals surface area contributed by atoms with E-state index in [4.69, 9.17) is 9.47 Å². The standard InChI is InChI=1S/C23H29FN2O3/c1-28-20-7-3-17(4-8-20)6-10-23(27)25-19-11-13-26(14-12-19)16-18-5-9-22(29-2)21(24)15-18/h3-5,7-9,15,19H,6,10-14,16H2,1-2H3,(H,25,27). The topological polar surface area (TPSA) is 50.8 Å². The van der Waals surface area contributed by atoms with E-state index in [1.54, 1.807) is 13.2 Å². The quantitative estimate of drug-likeness (QED) is 0.736. The molecule has 156 valence electrons. The van der Waals surface area contributed by atoms with Crippen LogP contribution in [-0.2, 0) is 17.8 Å². The summed E-state index contributed by atoms with van der Waals surface area (Å²) in [4.78, 5) is 14.6. The molecule has 0 saturated carbocycles. The number of hydrogen-bond donors (Lipinski definition) is 1. The lowest BCUT2D eigenvalue weighted by atomic mass is 10.0. The van der Waals surface area contributed by atoms with Crippen molar-refractivity contribution in [2.45, 2.75) is 38.3 Å². The zero-order chi connectivity index (χ0) is 20.6. The highest BCUT2D eigenvalue weighted by Crippen LogP contribution is 2.20. The molecule has 1 saturated heterocycles. The maximum Gasteiger partial charge on any atom is 0.220 e. The van der Waals surface area contributed by atoms with E-state index in [-0.39, 0.29) is 23.5 Å². The Kier molecular flexibility index (Phi) is 7.47. The summed E-state index contributed by atoms with van der Waals surface area (Å²) in [5.74, 6) is 0.854. The number of halogens is 1. The van der Waals surface area contributed by atoms with Gasteiger partial charge in [-0.15, -0.1) is 0 Å². The number of hydrogen-bond acceptors (Lipinski definition) is 4. The lowest BCUT2D eigenvalue weighted by Gasteiger charge is -2.32. The predicted molar refractivity (Wildman–Crippen MR) is 111 cm³/mol. The van der Waals surface area contributed by atoms with Crippen molar-refractivity contribution < 1.29 is 18.7 Å². The maximum absolute atomic E-state index is 13.8. The fourth-order valence-corrected chi connectivity index (χ4v) is 3.65. The summed E-state index contributed by atoms with van der Waals surface area (Å²) in [7, 11) is 3.11. The van der Waals surface area contributed by atoms with Crippen molar-refractivity contribution in [2.75, 3.05) is 27.3 Å². The molecule has 0 spiro atoms. The number of methoxy groups -OCH3 is 2. The first-order chi connectivity index (χ1) is 14.1. The Morgan fingerprint density at radius 1 is 1.07 bits per heavy atom. The van der Waals surface area contributed by atoms with Gasteiger partial charge in [-0.05, 0) is 54.7 Å². The van der Waals surface area contributed by atoms with Crippen molar-refractivity contribution in [1.29, 1.82) is 0 Å². The van der Waals surface area contributed by atoms with Crippen LogP contribution in [0.15, 0.2) is 42.5 Å². The van der Waals surface area contributed by atoms with Gasteiger partial charge >= 0.3 is 0 Å². The minimum Gasteiger partial charge on any atom is -0.497 e. The molecule has 0 aliphatic carbocycles.